The maximum Gasteiger partial charge on any atom is 0.376 e. The molecule has 5 heteroatoms. The van der Waals surface area contributed by atoms with Crippen molar-refractivity contribution in [3.63, 3.8) is 0 Å². The van der Waals surface area contributed by atoms with Crippen LogP contribution in [0.2, 0.25) is 0 Å². The van der Waals surface area contributed by atoms with Gasteiger partial charge in [0.05, 0.1) is 12.7 Å². The lowest BCUT2D eigenvalue weighted by atomic mass is 9.96. The number of esters is 1. The summed E-state index contributed by atoms with van der Waals surface area (Å²) in [5.41, 5.74) is 0.472. The van der Waals surface area contributed by atoms with Gasteiger partial charge in [-0.2, -0.15) is 5.26 Å². The molecule has 0 saturated heterocycles. The lowest BCUT2D eigenvalue weighted by Crippen LogP contribution is -2.23. The average Bonchev–Trinajstić information content (AvgIpc) is 2.30. The highest BCUT2D eigenvalue weighted by Gasteiger charge is 2.27. The van der Waals surface area contributed by atoms with Gasteiger partial charge >= 0.3 is 5.97 Å². The van der Waals surface area contributed by atoms with Crippen molar-refractivity contribution in [3.05, 3.63) is 34.3 Å². The minimum absolute atomic E-state index is 0.112. The Morgan fingerprint density at radius 2 is 2.24 bits per heavy atom. The first kappa shape index (κ1) is 13.4. The van der Waals surface area contributed by atoms with Gasteiger partial charge in [-0.1, -0.05) is 28.1 Å². The van der Waals surface area contributed by atoms with Crippen LogP contribution in [0.4, 0.5) is 0 Å². The minimum atomic E-state index is -1.12. The first-order valence-electron chi connectivity index (χ1n) is 4.96. The maximum atomic E-state index is 11.7. The van der Waals surface area contributed by atoms with Gasteiger partial charge in [0.2, 0.25) is 0 Å². The molecule has 88 valence electrons. The Morgan fingerprint density at radius 3 is 2.76 bits per heavy atom. The van der Waals surface area contributed by atoms with Crippen molar-refractivity contribution in [1.82, 2.24) is 0 Å². The molecule has 17 heavy (non-hydrogen) atoms. The fraction of sp³-hybridized carbons (Fsp3) is 0.250. The Hall–Kier alpha value is -1.67. The minimum Gasteiger partial charge on any atom is -0.460 e. The molecule has 0 N–H and O–H groups in total. The van der Waals surface area contributed by atoms with Crippen molar-refractivity contribution in [1.29, 1.82) is 5.26 Å². The van der Waals surface area contributed by atoms with Crippen molar-refractivity contribution >= 4 is 27.7 Å². The van der Waals surface area contributed by atoms with E-state index in [4.69, 9.17) is 5.26 Å². The number of rotatable bonds is 4. The lowest BCUT2D eigenvalue weighted by molar-refractivity contribution is -0.153. The molecule has 1 rings (SSSR count). The Bertz CT molecular complexity index is 479. The van der Waals surface area contributed by atoms with Crippen molar-refractivity contribution < 1.29 is 14.3 Å². The summed E-state index contributed by atoms with van der Waals surface area (Å²) in [6, 6.07) is 8.53. The second-order valence-corrected chi connectivity index (χ2v) is 4.12. The van der Waals surface area contributed by atoms with Crippen molar-refractivity contribution in [2.75, 3.05) is 6.61 Å². The molecule has 0 fully saturated rings. The predicted octanol–water partition coefficient (Wildman–Crippen LogP) is 2.19. The van der Waals surface area contributed by atoms with E-state index in [0.29, 0.717) is 5.56 Å². The summed E-state index contributed by atoms with van der Waals surface area (Å²) in [5.74, 6) is -2.93. The molecule has 1 aromatic carbocycles. The van der Waals surface area contributed by atoms with Crippen LogP contribution in [0, 0.1) is 11.3 Å². The first-order valence-corrected chi connectivity index (χ1v) is 5.75. The molecule has 0 aliphatic rings. The van der Waals surface area contributed by atoms with Gasteiger partial charge < -0.3 is 4.74 Å². The number of carbonyl (C=O) groups excluding carboxylic acids is 2. The molecule has 0 bridgehead atoms. The van der Waals surface area contributed by atoms with Crippen molar-refractivity contribution in [3.8, 4) is 6.07 Å². The number of halogens is 1. The summed E-state index contributed by atoms with van der Waals surface area (Å²) < 4.78 is 5.33. The molecule has 1 unspecified atom stereocenters. The number of ether oxygens (including phenoxy) is 1. The summed E-state index contributed by atoms with van der Waals surface area (Å²) in [4.78, 5) is 22.9. The summed E-state index contributed by atoms with van der Waals surface area (Å²) in [6.07, 6.45) is 0. The number of nitriles is 1. The van der Waals surface area contributed by atoms with Crippen LogP contribution in [-0.2, 0) is 14.3 Å². The topological polar surface area (TPSA) is 67.2 Å². The molecular formula is C12H10BrNO3. The van der Waals surface area contributed by atoms with E-state index in [1.54, 1.807) is 31.2 Å². The first-order chi connectivity index (χ1) is 8.10. The zero-order chi connectivity index (χ0) is 12.8. The van der Waals surface area contributed by atoms with Crippen molar-refractivity contribution in [2.45, 2.75) is 12.8 Å². The highest BCUT2D eigenvalue weighted by molar-refractivity contribution is 9.10. The number of nitrogens with zero attached hydrogens (tertiary/aromatic N) is 1. The van der Waals surface area contributed by atoms with Gasteiger partial charge in [0.1, 0.15) is 5.92 Å². The summed E-state index contributed by atoms with van der Waals surface area (Å²) >= 11 is 3.24. The smallest absolute Gasteiger partial charge is 0.376 e. The molecule has 4 nitrogen and oxygen atoms in total. The molecule has 0 heterocycles. The molecule has 0 aliphatic carbocycles. The molecule has 0 saturated carbocycles. The van der Waals surface area contributed by atoms with Crippen LogP contribution in [0.25, 0.3) is 0 Å². The number of carbonyl (C=O) groups is 2. The van der Waals surface area contributed by atoms with E-state index in [1.165, 1.54) is 0 Å². The van der Waals surface area contributed by atoms with Gasteiger partial charge in [0, 0.05) is 4.47 Å². The second-order valence-electron chi connectivity index (χ2n) is 3.20. The van der Waals surface area contributed by atoms with E-state index >= 15 is 0 Å². The van der Waals surface area contributed by atoms with E-state index < -0.39 is 17.7 Å². The number of ketones is 1. The molecule has 0 amide bonds. The van der Waals surface area contributed by atoms with Gasteiger partial charge in [-0.15, -0.1) is 0 Å². The molecule has 0 aromatic heterocycles. The number of hydrogen-bond acceptors (Lipinski definition) is 4. The van der Waals surface area contributed by atoms with Gasteiger partial charge in [-0.05, 0) is 24.6 Å². The molecule has 0 spiro atoms. The van der Waals surface area contributed by atoms with E-state index in [-0.39, 0.29) is 6.61 Å². The highest BCUT2D eigenvalue weighted by Crippen LogP contribution is 2.20. The SMILES string of the molecule is CCOC(=O)C(=O)C(C#N)c1cccc(Br)c1. The molecular weight excluding hydrogens is 286 g/mol. The largest absolute Gasteiger partial charge is 0.460 e. The quantitative estimate of drug-likeness (QED) is 0.631. The molecule has 1 aromatic rings. The van der Waals surface area contributed by atoms with E-state index in [2.05, 4.69) is 20.7 Å². The fourth-order valence-corrected chi connectivity index (χ4v) is 1.71. The zero-order valence-electron chi connectivity index (χ0n) is 9.14. The Balaban J connectivity index is 2.97. The van der Waals surface area contributed by atoms with E-state index in [0.717, 1.165) is 4.47 Å². The normalized spacial score (nSPS) is 11.4. The summed E-state index contributed by atoms with van der Waals surface area (Å²) in [6.45, 7) is 1.72. The highest BCUT2D eigenvalue weighted by atomic mass is 79.9. The van der Waals surface area contributed by atoms with Crippen LogP contribution in [0.1, 0.15) is 18.4 Å². The van der Waals surface area contributed by atoms with Crippen LogP contribution in [0.15, 0.2) is 28.7 Å². The van der Waals surface area contributed by atoms with Gasteiger partial charge in [0.25, 0.3) is 5.78 Å². The molecule has 1 atom stereocenters. The molecule has 0 aliphatic heterocycles. The standard InChI is InChI=1S/C12H10BrNO3/c1-2-17-12(16)11(15)10(7-14)8-4-3-5-9(13)6-8/h3-6,10H,2H2,1H3. The second kappa shape index (κ2) is 6.16. The van der Waals surface area contributed by atoms with Gasteiger partial charge in [-0.25, -0.2) is 4.79 Å². The summed E-state index contributed by atoms with van der Waals surface area (Å²) in [7, 11) is 0. The Morgan fingerprint density at radius 1 is 1.53 bits per heavy atom. The van der Waals surface area contributed by atoms with Crippen LogP contribution >= 0.6 is 15.9 Å². The van der Waals surface area contributed by atoms with Crippen LogP contribution < -0.4 is 0 Å². The van der Waals surface area contributed by atoms with Gasteiger partial charge in [-0.3, -0.25) is 4.79 Å². The van der Waals surface area contributed by atoms with Crippen LogP contribution in [0.5, 0.6) is 0 Å². The molecule has 0 radical (unpaired) electrons. The average molecular weight is 296 g/mol. The Labute approximate surface area is 107 Å². The van der Waals surface area contributed by atoms with Crippen LogP contribution in [0.3, 0.4) is 0 Å². The Kier molecular flexibility index (Phi) is 4.85. The third kappa shape index (κ3) is 3.40. The summed E-state index contributed by atoms with van der Waals surface area (Å²) in [5, 5.41) is 8.96. The zero-order valence-corrected chi connectivity index (χ0v) is 10.7. The van der Waals surface area contributed by atoms with Crippen LogP contribution in [-0.4, -0.2) is 18.4 Å². The van der Waals surface area contributed by atoms with E-state index in [9.17, 15) is 9.59 Å². The maximum absolute atomic E-state index is 11.7. The third-order valence-corrected chi connectivity index (χ3v) is 2.54. The van der Waals surface area contributed by atoms with Crippen molar-refractivity contribution in [2.24, 2.45) is 0 Å². The lowest BCUT2D eigenvalue weighted by Gasteiger charge is -2.07. The fourth-order valence-electron chi connectivity index (χ4n) is 1.29. The van der Waals surface area contributed by atoms with Gasteiger partial charge in [0.15, 0.2) is 0 Å². The van der Waals surface area contributed by atoms with E-state index in [1.807, 2.05) is 6.07 Å². The number of hydrogen-bond donors (Lipinski definition) is 0. The predicted molar refractivity (Wildman–Crippen MR) is 64.1 cm³/mol. The number of benzene rings is 1. The third-order valence-electron chi connectivity index (χ3n) is 2.05. The number of Topliss-reactive ketones (excluding diaryl/α,β-unsaturated/α-hetero) is 1. The monoisotopic (exact) mass is 295 g/mol.